The molecule has 2 aromatic heterocycles. The van der Waals surface area contributed by atoms with Crippen LogP contribution in [0.15, 0.2) is 82.6 Å². The van der Waals surface area contributed by atoms with Crippen molar-refractivity contribution in [2.24, 2.45) is 0 Å². The number of carbonyl (C=O) groups is 1. The van der Waals surface area contributed by atoms with Gasteiger partial charge in [0.1, 0.15) is 10.6 Å². The Kier molecular flexibility index (Phi) is 9.00. The molecule has 0 radical (unpaired) electrons. The van der Waals surface area contributed by atoms with Gasteiger partial charge in [-0.05, 0) is 61.4 Å². The van der Waals surface area contributed by atoms with Gasteiger partial charge in [-0.25, -0.2) is 9.97 Å². The summed E-state index contributed by atoms with van der Waals surface area (Å²) in [6.07, 6.45) is 4.70. The standard InChI is InChI=1S/C30H33N3O2S2/c1-4-22-14-17-27(31-19-22)33(20-23-12-15-25(16-13-23)24-9-6-5-7-10-24)18-8-11-26-21-36-29(32-26)37-30(2,3)28(34)35/h5-7,9-10,12-17,19,21H,4,8,11,18,20H2,1-3H3,(H,34,35). The van der Waals surface area contributed by atoms with Crippen molar-refractivity contribution in [3.8, 4) is 11.1 Å². The summed E-state index contributed by atoms with van der Waals surface area (Å²) in [5.74, 6) is 0.144. The van der Waals surface area contributed by atoms with E-state index in [4.69, 9.17) is 4.98 Å². The molecule has 0 spiro atoms. The Labute approximate surface area is 227 Å². The first kappa shape index (κ1) is 26.9. The lowest BCUT2D eigenvalue weighted by Gasteiger charge is -2.24. The molecule has 0 amide bonds. The number of rotatable bonds is 12. The highest BCUT2D eigenvalue weighted by Crippen LogP contribution is 2.35. The highest BCUT2D eigenvalue weighted by atomic mass is 32.2. The van der Waals surface area contributed by atoms with Crippen LogP contribution in [0, 0.1) is 0 Å². The fraction of sp³-hybridized carbons (Fsp3) is 0.300. The number of hydrogen-bond donors (Lipinski definition) is 1. The van der Waals surface area contributed by atoms with Gasteiger partial charge in [0, 0.05) is 24.7 Å². The van der Waals surface area contributed by atoms with Crippen LogP contribution in [0.5, 0.6) is 0 Å². The first-order valence-corrected chi connectivity index (χ1v) is 14.2. The molecule has 0 bridgehead atoms. The first-order valence-electron chi connectivity index (χ1n) is 12.5. The Morgan fingerprint density at radius 1 is 1.00 bits per heavy atom. The van der Waals surface area contributed by atoms with Crippen LogP contribution in [0.2, 0.25) is 0 Å². The Hall–Kier alpha value is -3.16. The number of aliphatic carboxylic acids is 1. The van der Waals surface area contributed by atoms with E-state index in [2.05, 4.69) is 77.5 Å². The number of thiazole rings is 1. The van der Waals surface area contributed by atoms with Gasteiger partial charge in [0.2, 0.25) is 0 Å². The Bertz CT molecular complexity index is 1290. The summed E-state index contributed by atoms with van der Waals surface area (Å²) in [6.45, 7) is 7.18. The van der Waals surface area contributed by atoms with Crippen molar-refractivity contribution in [2.75, 3.05) is 11.4 Å². The third-order valence-corrected chi connectivity index (χ3v) is 8.40. The molecule has 2 heterocycles. The highest BCUT2D eigenvalue weighted by Gasteiger charge is 2.29. The predicted octanol–water partition coefficient (Wildman–Crippen LogP) is 7.36. The van der Waals surface area contributed by atoms with Crippen molar-refractivity contribution in [2.45, 2.75) is 55.7 Å². The van der Waals surface area contributed by atoms with Crippen LogP contribution in [-0.4, -0.2) is 32.3 Å². The van der Waals surface area contributed by atoms with Gasteiger partial charge < -0.3 is 10.0 Å². The molecular formula is C30H33N3O2S2. The molecular weight excluding hydrogens is 498 g/mol. The van der Waals surface area contributed by atoms with Crippen molar-refractivity contribution in [3.05, 3.63) is 95.1 Å². The average Bonchev–Trinajstić information content (AvgIpc) is 3.35. The van der Waals surface area contributed by atoms with Crippen LogP contribution in [0.1, 0.15) is 44.0 Å². The SMILES string of the molecule is CCc1ccc(N(CCCc2csc(SC(C)(C)C(=O)O)n2)Cc2ccc(-c3ccccc3)cc2)nc1. The maximum atomic E-state index is 11.4. The predicted molar refractivity (Wildman–Crippen MR) is 155 cm³/mol. The van der Waals surface area contributed by atoms with E-state index in [1.165, 1.54) is 45.4 Å². The smallest absolute Gasteiger partial charge is 0.319 e. The summed E-state index contributed by atoms with van der Waals surface area (Å²) in [7, 11) is 0. The number of thioether (sulfide) groups is 1. The van der Waals surface area contributed by atoms with Gasteiger partial charge in [0.25, 0.3) is 0 Å². The molecule has 0 saturated heterocycles. The minimum Gasteiger partial charge on any atom is -0.480 e. The van der Waals surface area contributed by atoms with Gasteiger partial charge in [-0.15, -0.1) is 11.3 Å². The third-order valence-electron chi connectivity index (χ3n) is 6.22. The Balaban J connectivity index is 1.42. The van der Waals surface area contributed by atoms with E-state index in [1.807, 2.05) is 17.6 Å². The van der Waals surface area contributed by atoms with Crippen molar-refractivity contribution < 1.29 is 9.90 Å². The topological polar surface area (TPSA) is 66.3 Å². The van der Waals surface area contributed by atoms with E-state index in [9.17, 15) is 9.90 Å². The maximum absolute atomic E-state index is 11.4. The lowest BCUT2D eigenvalue weighted by atomic mass is 10.0. The van der Waals surface area contributed by atoms with Gasteiger partial charge in [0.05, 0.1) is 5.69 Å². The molecule has 0 aliphatic rings. The van der Waals surface area contributed by atoms with Gasteiger partial charge in [-0.2, -0.15) is 0 Å². The van der Waals surface area contributed by atoms with Crippen LogP contribution in [-0.2, 0) is 24.2 Å². The molecule has 37 heavy (non-hydrogen) atoms. The van der Waals surface area contributed by atoms with E-state index in [-0.39, 0.29) is 0 Å². The molecule has 0 saturated carbocycles. The lowest BCUT2D eigenvalue weighted by molar-refractivity contribution is -0.138. The summed E-state index contributed by atoms with van der Waals surface area (Å²) in [5, 5.41) is 11.4. The summed E-state index contributed by atoms with van der Waals surface area (Å²) in [6, 6.07) is 23.5. The number of aromatic nitrogens is 2. The van der Waals surface area contributed by atoms with E-state index in [1.54, 1.807) is 13.8 Å². The average molecular weight is 532 g/mol. The van der Waals surface area contributed by atoms with E-state index in [0.717, 1.165) is 48.2 Å². The number of carboxylic acids is 1. The molecule has 0 atom stereocenters. The molecule has 5 nitrogen and oxygen atoms in total. The molecule has 1 N–H and O–H groups in total. The number of nitrogens with zero attached hydrogens (tertiary/aromatic N) is 3. The normalized spacial score (nSPS) is 11.4. The second-order valence-electron chi connectivity index (χ2n) is 9.49. The third kappa shape index (κ3) is 7.43. The van der Waals surface area contributed by atoms with Crippen molar-refractivity contribution >= 4 is 34.9 Å². The molecule has 0 fully saturated rings. The number of aryl methyl sites for hydroxylation is 2. The minimum atomic E-state index is -0.891. The van der Waals surface area contributed by atoms with Crippen molar-refractivity contribution in [1.29, 1.82) is 0 Å². The number of benzene rings is 2. The summed E-state index contributed by atoms with van der Waals surface area (Å²) < 4.78 is -0.0900. The van der Waals surface area contributed by atoms with E-state index < -0.39 is 10.7 Å². The van der Waals surface area contributed by atoms with Crippen LogP contribution in [0.3, 0.4) is 0 Å². The zero-order valence-corrected chi connectivity index (χ0v) is 23.2. The summed E-state index contributed by atoms with van der Waals surface area (Å²) >= 11 is 2.82. The first-order chi connectivity index (χ1) is 17.8. The monoisotopic (exact) mass is 531 g/mol. The zero-order chi connectivity index (χ0) is 26.3. The molecule has 0 aliphatic heterocycles. The lowest BCUT2D eigenvalue weighted by Crippen LogP contribution is -2.26. The van der Waals surface area contributed by atoms with Gasteiger partial charge in [0.15, 0.2) is 4.34 Å². The molecule has 0 aliphatic carbocycles. The van der Waals surface area contributed by atoms with E-state index >= 15 is 0 Å². The summed E-state index contributed by atoms with van der Waals surface area (Å²) in [5.41, 5.74) is 5.91. The molecule has 0 unspecified atom stereocenters. The number of carboxylic acid groups (broad SMARTS) is 1. The quantitative estimate of drug-likeness (QED) is 0.193. The second-order valence-corrected chi connectivity index (χ2v) is 12.2. The zero-order valence-electron chi connectivity index (χ0n) is 21.6. The number of pyridine rings is 1. The van der Waals surface area contributed by atoms with Crippen molar-refractivity contribution in [3.63, 3.8) is 0 Å². The molecule has 4 rings (SSSR count). The molecule has 7 heteroatoms. The fourth-order valence-corrected chi connectivity index (χ4v) is 6.13. The highest BCUT2D eigenvalue weighted by molar-refractivity contribution is 8.03. The molecule has 192 valence electrons. The second kappa shape index (κ2) is 12.4. The van der Waals surface area contributed by atoms with Crippen LogP contribution in [0.4, 0.5) is 5.82 Å². The van der Waals surface area contributed by atoms with Crippen LogP contribution in [0.25, 0.3) is 11.1 Å². The summed E-state index contributed by atoms with van der Waals surface area (Å²) in [4.78, 5) is 23.2. The van der Waals surface area contributed by atoms with Crippen LogP contribution < -0.4 is 4.90 Å². The largest absolute Gasteiger partial charge is 0.480 e. The Morgan fingerprint density at radius 2 is 1.70 bits per heavy atom. The number of anilines is 1. The van der Waals surface area contributed by atoms with Crippen LogP contribution >= 0.6 is 23.1 Å². The maximum Gasteiger partial charge on any atom is 0.319 e. The minimum absolute atomic E-state index is 0.776. The molecule has 2 aromatic carbocycles. The molecule has 4 aromatic rings. The van der Waals surface area contributed by atoms with Gasteiger partial charge in [-0.1, -0.05) is 79.3 Å². The van der Waals surface area contributed by atoms with Gasteiger partial charge in [-0.3, -0.25) is 4.79 Å². The number of hydrogen-bond acceptors (Lipinski definition) is 6. The fourth-order valence-electron chi connectivity index (χ4n) is 3.90. The van der Waals surface area contributed by atoms with Gasteiger partial charge >= 0.3 is 5.97 Å². The van der Waals surface area contributed by atoms with Crippen molar-refractivity contribution in [1.82, 2.24) is 9.97 Å². The van der Waals surface area contributed by atoms with E-state index in [0.29, 0.717) is 0 Å². The Morgan fingerprint density at radius 3 is 2.35 bits per heavy atom.